The van der Waals surface area contributed by atoms with Crippen molar-refractivity contribution in [2.24, 2.45) is 0 Å². The van der Waals surface area contributed by atoms with Crippen molar-refractivity contribution in [3.8, 4) is 0 Å². The summed E-state index contributed by atoms with van der Waals surface area (Å²) in [4.78, 5) is 28.8. The molecule has 196 valence electrons. The molecule has 2 heterocycles. The van der Waals surface area contributed by atoms with Crippen molar-refractivity contribution < 1.29 is 22.4 Å². The summed E-state index contributed by atoms with van der Waals surface area (Å²) in [6.45, 7) is 6.95. The Morgan fingerprint density at radius 2 is 1.86 bits per heavy atom. The standard InChI is InChI=1S/C25H31FN4O4S.ClH/c1-16-13-29(21(12-28-16)24(32)27-4)14-23(31)30-15-25(2,3)18-10-19(26)22(11-20(18)30)35(33,34)17-8-6-5-7-9-17;/h5-11,16,21,28H,12-15H2,1-4H3,(H,27,32);1H/t16-,21-;/m1./s1. The number of rotatable bonds is 5. The van der Waals surface area contributed by atoms with E-state index < -0.39 is 32.0 Å². The number of likely N-dealkylation sites (N-methyl/N-ethyl adjacent to an activating group) is 1. The molecule has 0 spiro atoms. The number of carbonyl (C=O) groups excluding carboxylic acids is 2. The molecule has 2 N–H and O–H groups in total. The molecule has 0 aromatic heterocycles. The van der Waals surface area contributed by atoms with Crippen molar-refractivity contribution >= 4 is 39.7 Å². The van der Waals surface area contributed by atoms with Gasteiger partial charge >= 0.3 is 0 Å². The molecule has 2 aliphatic heterocycles. The first-order valence-corrected chi connectivity index (χ1v) is 13.1. The smallest absolute Gasteiger partial charge is 0.241 e. The number of sulfone groups is 1. The lowest BCUT2D eigenvalue weighted by atomic mass is 9.87. The van der Waals surface area contributed by atoms with Crippen LogP contribution < -0.4 is 15.5 Å². The molecule has 0 saturated carbocycles. The Bertz CT molecular complexity index is 1260. The van der Waals surface area contributed by atoms with Crippen molar-refractivity contribution in [2.75, 3.05) is 38.1 Å². The van der Waals surface area contributed by atoms with Crippen LogP contribution in [0.5, 0.6) is 0 Å². The average molecular weight is 539 g/mol. The van der Waals surface area contributed by atoms with Crippen molar-refractivity contribution in [1.29, 1.82) is 0 Å². The second-order valence-electron chi connectivity index (χ2n) is 9.85. The minimum Gasteiger partial charge on any atom is -0.358 e. The van der Waals surface area contributed by atoms with E-state index in [0.29, 0.717) is 24.3 Å². The molecule has 1 saturated heterocycles. The topological polar surface area (TPSA) is 98.8 Å². The fourth-order valence-electron chi connectivity index (χ4n) is 4.87. The first-order chi connectivity index (χ1) is 16.5. The zero-order chi connectivity index (χ0) is 25.5. The number of nitrogens with zero attached hydrogens (tertiary/aromatic N) is 2. The summed E-state index contributed by atoms with van der Waals surface area (Å²) in [5, 5.41) is 5.90. The van der Waals surface area contributed by atoms with Crippen LogP contribution in [0.4, 0.5) is 10.1 Å². The molecule has 0 radical (unpaired) electrons. The molecule has 2 amide bonds. The van der Waals surface area contributed by atoms with Gasteiger partial charge in [-0.2, -0.15) is 0 Å². The number of nitrogens with one attached hydrogen (secondary N) is 2. The van der Waals surface area contributed by atoms with Crippen LogP contribution in [0.3, 0.4) is 0 Å². The van der Waals surface area contributed by atoms with E-state index in [1.807, 2.05) is 25.7 Å². The van der Waals surface area contributed by atoms with Crippen LogP contribution in [0.2, 0.25) is 0 Å². The van der Waals surface area contributed by atoms with Crippen LogP contribution in [0.15, 0.2) is 52.3 Å². The molecule has 11 heteroatoms. The zero-order valence-corrected chi connectivity index (χ0v) is 22.4. The molecule has 2 aliphatic rings. The van der Waals surface area contributed by atoms with Crippen LogP contribution in [-0.2, 0) is 24.8 Å². The Morgan fingerprint density at radius 1 is 1.19 bits per heavy atom. The van der Waals surface area contributed by atoms with Gasteiger partial charge in [0.1, 0.15) is 16.8 Å². The van der Waals surface area contributed by atoms with Crippen molar-refractivity contribution in [2.45, 2.75) is 48.1 Å². The number of hydrogen-bond acceptors (Lipinski definition) is 6. The number of amides is 2. The van der Waals surface area contributed by atoms with Gasteiger partial charge in [-0.3, -0.25) is 14.5 Å². The number of carbonyl (C=O) groups is 2. The van der Waals surface area contributed by atoms with E-state index in [4.69, 9.17) is 0 Å². The first-order valence-electron chi connectivity index (χ1n) is 11.6. The fraction of sp³-hybridized carbons (Fsp3) is 0.440. The molecule has 0 aliphatic carbocycles. The van der Waals surface area contributed by atoms with E-state index in [9.17, 15) is 18.0 Å². The van der Waals surface area contributed by atoms with Gasteiger partial charge in [0.2, 0.25) is 21.7 Å². The summed E-state index contributed by atoms with van der Waals surface area (Å²) in [6, 6.07) is 9.78. The number of hydrogen-bond donors (Lipinski definition) is 2. The summed E-state index contributed by atoms with van der Waals surface area (Å²) >= 11 is 0. The highest BCUT2D eigenvalue weighted by atomic mass is 35.5. The number of benzene rings is 2. The Hall–Kier alpha value is -2.53. The molecule has 2 aromatic rings. The normalized spacial score (nSPS) is 21.4. The molecular formula is C25H32ClFN4O4S. The Kier molecular flexibility index (Phi) is 8.14. The van der Waals surface area contributed by atoms with E-state index in [-0.39, 0.29) is 48.2 Å². The van der Waals surface area contributed by atoms with Crippen LogP contribution in [-0.4, -0.2) is 70.4 Å². The number of fused-ring (bicyclic) bond motifs is 1. The summed E-state index contributed by atoms with van der Waals surface area (Å²) in [5.41, 5.74) is 0.389. The van der Waals surface area contributed by atoms with Crippen molar-refractivity contribution in [3.05, 3.63) is 53.8 Å². The minimum absolute atomic E-state index is 0. The Balaban J connectivity index is 0.00000361. The summed E-state index contributed by atoms with van der Waals surface area (Å²) in [6.07, 6.45) is 0. The maximum Gasteiger partial charge on any atom is 0.241 e. The van der Waals surface area contributed by atoms with Crippen LogP contribution >= 0.6 is 12.4 Å². The van der Waals surface area contributed by atoms with E-state index in [1.165, 1.54) is 29.2 Å². The van der Waals surface area contributed by atoms with E-state index in [2.05, 4.69) is 10.6 Å². The second kappa shape index (κ2) is 10.5. The minimum atomic E-state index is -4.12. The molecule has 8 nitrogen and oxygen atoms in total. The highest BCUT2D eigenvalue weighted by molar-refractivity contribution is 7.91. The van der Waals surface area contributed by atoms with Crippen molar-refractivity contribution in [1.82, 2.24) is 15.5 Å². The van der Waals surface area contributed by atoms with Gasteiger partial charge < -0.3 is 15.5 Å². The molecule has 2 aromatic carbocycles. The molecule has 4 rings (SSSR count). The lowest BCUT2D eigenvalue weighted by Crippen LogP contribution is -2.62. The lowest BCUT2D eigenvalue weighted by molar-refractivity contribution is -0.129. The van der Waals surface area contributed by atoms with E-state index >= 15 is 4.39 Å². The van der Waals surface area contributed by atoms with Gasteiger partial charge in [-0.15, -0.1) is 12.4 Å². The van der Waals surface area contributed by atoms with Gasteiger partial charge in [0.15, 0.2) is 0 Å². The molecule has 2 atom stereocenters. The highest BCUT2D eigenvalue weighted by Crippen LogP contribution is 2.43. The largest absolute Gasteiger partial charge is 0.358 e. The maximum absolute atomic E-state index is 15.2. The van der Waals surface area contributed by atoms with Gasteiger partial charge in [0.05, 0.1) is 11.4 Å². The van der Waals surface area contributed by atoms with Crippen molar-refractivity contribution in [3.63, 3.8) is 0 Å². The third-order valence-electron chi connectivity index (χ3n) is 6.76. The zero-order valence-electron chi connectivity index (χ0n) is 20.7. The molecule has 36 heavy (non-hydrogen) atoms. The predicted molar refractivity (Wildman–Crippen MR) is 138 cm³/mol. The van der Waals surface area contributed by atoms with Crippen LogP contribution in [0.1, 0.15) is 26.3 Å². The predicted octanol–water partition coefficient (Wildman–Crippen LogP) is 2.11. The SMILES string of the molecule is CNC(=O)[C@H]1CN[C@H](C)CN1CC(=O)N1CC(C)(C)c2cc(F)c(S(=O)(=O)c3ccccc3)cc21.Cl. The van der Waals surface area contributed by atoms with Crippen LogP contribution in [0.25, 0.3) is 0 Å². The molecule has 0 bridgehead atoms. The Labute approximate surface area is 217 Å². The molecule has 0 unspecified atom stereocenters. The van der Waals surface area contributed by atoms with Gasteiger partial charge in [0, 0.05) is 43.8 Å². The van der Waals surface area contributed by atoms with Gasteiger partial charge in [-0.1, -0.05) is 32.0 Å². The third-order valence-corrected chi connectivity index (χ3v) is 8.55. The van der Waals surface area contributed by atoms with Gasteiger partial charge in [-0.25, -0.2) is 12.8 Å². The van der Waals surface area contributed by atoms with Gasteiger partial charge in [0.25, 0.3) is 0 Å². The summed E-state index contributed by atoms with van der Waals surface area (Å²) < 4.78 is 41.5. The fourth-order valence-corrected chi connectivity index (χ4v) is 6.22. The summed E-state index contributed by atoms with van der Waals surface area (Å²) in [5.74, 6) is -1.29. The summed E-state index contributed by atoms with van der Waals surface area (Å²) in [7, 11) is -2.56. The van der Waals surface area contributed by atoms with Gasteiger partial charge in [-0.05, 0) is 36.8 Å². The average Bonchev–Trinajstić information content (AvgIpc) is 3.08. The van der Waals surface area contributed by atoms with Crippen LogP contribution in [0, 0.1) is 5.82 Å². The highest BCUT2D eigenvalue weighted by Gasteiger charge is 2.41. The maximum atomic E-state index is 15.2. The molecule has 1 fully saturated rings. The monoisotopic (exact) mass is 538 g/mol. The second-order valence-corrected chi connectivity index (χ2v) is 11.8. The molecular weight excluding hydrogens is 507 g/mol. The number of halogens is 2. The quantitative estimate of drug-likeness (QED) is 0.605. The first kappa shape index (κ1) is 28.0. The van der Waals surface area contributed by atoms with E-state index in [1.54, 1.807) is 25.2 Å². The number of anilines is 1. The third kappa shape index (κ3) is 5.13. The number of piperazine rings is 1. The Morgan fingerprint density at radius 3 is 2.50 bits per heavy atom. The van der Waals surface area contributed by atoms with E-state index in [0.717, 1.165) is 0 Å². The lowest BCUT2D eigenvalue weighted by Gasteiger charge is -2.38.